The first kappa shape index (κ1) is 21.4. The van der Waals surface area contributed by atoms with Crippen LogP contribution in [0.1, 0.15) is 27.2 Å². The molecule has 1 fully saturated rings. The Balaban J connectivity index is 1.37. The fourth-order valence-electron chi connectivity index (χ4n) is 3.90. The lowest BCUT2D eigenvalue weighted by Crippen LogP contribution is -2.48. The van der Waals surface area contributed by atoms with Crippen LogP contribution in [0.2, 0.25) is 5.15 Å². The molecule has 0 N–H and O–H groups in total. The maximum Gasteiger partial charge on any atom is 0.254 e. The molecule has 1 amide bonds. The molecule has 0 atom stereocenters. The second kappa shape index (κ2) is 9.54. The van der Waals surface area contributed by atoms with E-state index in [-0.39, 0.29) is 5.91 Å². The minimum Gasteiger partial charge on any atom is -0.497 e. The normalized spacial score (nSPS) is 14.6. The van der Waals surface area contributed by atoms with Crippen molar-refractivity contribution < 1.29 is 9.53 Å². The standard InChI is InChI=1S/C24H27ClN4O2/c1-18-22(23(25)29(26-18)16-19-7-4-3-5-8-19)17-27-11-13-28(14-12-27)24(30)20-9-6-10-21(15-20)31-2/h3-10,15H,11-14,16-17H2,1-2H3. The van der Waals surface area contributed by atoms with Crippen molar-refractivity contribution in [3.05, 3.63) is 82.1 Å². The molecule has 31 heavy (non-hydrogen) atoms. The number of aryl methyl sites for hydroxylation is 1. The summed E-state index contributed by atoms with van der Waals surface area (Å²) in [4.78, 5) is 17.1. The molecule has 3 aromatic rings. The average molecular weight is 439 g/mol. The fraction of sp³-hybridized carbons (Fsp3) is 0.333. The van der Waals surface area contributed by atoms with Crippen molar-refractivity contribution >= 4 is 17.5 Å². The summed E-state index contributed by atoms with van der Waals surface area (Å²) in [6.07, 6.45) is 0. The number of ether oxygens (including phenoxy) is 1. The van der Waals surface area contributed by atoms with Crippen molar-refractivity contribution in [3.8, 4) is 5.75 Å². The molecule has 4 rings (SSSR count). The van der Waals surface area contributed by atoms with Crippen LogP contribution >= 0.6 is 11.6 Å². The monoisotopic (exact) mass is 438 g/mol. The van der Waals surface area contributed by atoms with Crippen LogP contribution in [0.4, 0.5) is 0 Å². The quantitative estimate of drug-likeness (QED) is 0.586. The number of carbonyl (C=O) groups is 1. The van der Waals surface area contributed by atoms with Gasteiger partial charge in [0, 0.05) is 43.9 Å². The maximum absolute atomic E-state index is 12.8. The lowest BCUT2D eigenvalue weighted by molar-refractivity contribution is 0.0628. The number of halogens is 1. The Hall–Kier alpha value is -2.83. The van der Waals surface area contributed by atoms with E-state index < -0.39 is 0 Å². The number of hydrogen-bond donors (Lipinski definition) is 0. The van der Waals surface area contributed by atoms with Gasteiger partial charge in [0.1, 0.15) is 10.9 Å². The topological polar surface area (TPSA) is 50.6 Å². The van der Waals surface area contributed by atoms with E-state index in [2.05, 4.69) is 22.1 Å². The molecule has 1 saturated heterocycles. The molecule has 1 aliphatic rings. The largest absolute Gasteiger partial charge is 0.497 e. The fourth-order valence-corrected chi connectivity index (χ4v) is 4.20. The summed E-state index contributed by atoms with van der Waals surface area (Å²) in [5, 5.41) is 5.34. The van der Waals surface area contributed by atoms with E-state index in [4.69, 9.17) is 16.3 Å². The molecule has 6 nitrogen and oxygen atoms in total. The summed E-state index contributed by atoms with van der Waals surface area (Å²) in [5.74, 6) is 0.741. The first-order valence-corrected chi connectivity index (χ1v) is 10.8. The van der Waals surface area contributed by atoms with Crippen molar-refractivity contribution in [2.24, 2.45) is 0 Å². The number of benzene rings is 2. The van der Waals surface area contributed by atoms with Crippen LogP contribution in [0, 0.1) is 6.92 Å². The maximum atomic E-state index is 12.8. The highest BCUT2D eigenvalue weighted by molar-refractivity contribution is 6.30. The van der Waals surface area contributed by atoms with Gasteiger partial charge in [-0.25, -0.2) is 4.68 Å². The van der Waals surface area contributed by atoms with Crippen LogP contribution < -0.4 is 4.74 Å². The zero-order chi connectivity index (χ0) is 21.8. The van der Waals surface area contributed by atoms with Gasteiger partial charge in [-0.05, 0) is 30.7 Å². The zero-order valence-electron chi connectivity index (χ0n) is 17.9. The molecule has 0 radical (unpaired) electrons. The van der Waals surface area contributed by atoms with Gasteiger partial charge in [0.2, 0.25) is 0 Å². The van der Waals surface area contributed by atoms with Gasteiger partial charge in [-0.2, -0.15) is 5.10 Å². The molecule has 2 heterocycles. The summed E-state index contributed by atoms with van der Waals surface area (Å²) in [6.45, 7) is 6.37. The first-order valence-electron chi connectivity index (χ1n) is 10.5. The van der Waals surface area contributed by atoms with Crippen LogP contribution in [-0.4, -0.2) is 58.8 Å². The van der Waals surface area contributed by atoms with E-state index in [1.54, 1.807) is 13.2 Å². The van der Waals surface area contributed by atoms with Crippen LogP contribution in [0.15, 0.2) is 54.6 Å². The Morgan fingerprint density at radius 2 is 1.77 bits per heavy atom. The first-order chi connectivity index (χ1) is 15.0. The number of aromatic nitrogens is 2. The number of amides is 1. The van der Waals surface area contributed by atoms with E-state index >= 15 is 0 Å². The number of piperazine rings is 1. The minimum atomic E-state index is 0.0449. The molecule has 7 heteroatoms. The van der Waals surface area contributed by atoms with Gasteiger partial charge < -0.3 is 9.64 Å². The highest BCUT2D eigenvalue weighted by atomic mass is 35.5. The number of methoxy groups -OCH3 is 1. The molecule has 0 spiro atoms. The molecular formula is C24H27ClN4O2. The number of carbonyl (C=O) groups excluding carboxylic acids is 1. The van der Waals surface area contributed by atoms with Crippen molar-refractivity contribution in [1.82, 2.24) is 19.6 Å². The van der Waals surface area contributed by atoms with Gasteiger partial charge in [-0.15, -0.1) is 0 Å². The van der Waals surface area contributed by atoms with E-state index in [0.717, 1.165) is 30.9 Å². The van der Waals surface area contributed by atoms with Gasteiger partial charge >= 0.3 is 0 Å². The summed E-state index contributed by atoms with van der Waals surface area (Å²) in [5.41, 5.74) is 3.85. The summed E-state index contributed by atoms with van der Waals surface area (Å²) < 4.78 is 7.10. The highest BCUT2D eigenvalue weighted by Crippen LogP contribution is 2.23. The molecule has 2 aromatic carbocycles. The van der Waals surface area contributed by atoms with Crippen molar-refractivity contribution in [2.45, 2.75) is 20.0 Å². The molecule has 0 bridgehead atoms. The van der Waals surface area contributed by atoms with Gasteiger partial charge in [0.05, 0.1) is 19.3 Å². The second-order valence-corrected chi connectivity index (χ2v) is 8.16. The molecule has 1 aromatic heterocycles. The summed E-state index contributed by atoms with van der Waals surface area (Å²) >= 11 is 6.68. The average Bonchev–Trinajstić information content (AvgIpc) is 3.07. The Labute approximate surface area is 188 Å². The third-order valence-electron chi connectivity index (χ3n) is 5.72. The minimum absolute atomic E-state index is 0.0449. The SMILES string of the molecule is COc1cccc(C(=O)N2CCN(Cc3c(C)nn(Cc4ccccc4)c3Cl)CC2)c1. The lowest BCUT2D eigenvalue weighted by atomic mass is 10.1. The van der Waals surface area contributed by atoms with Gasteiger partial charge in [0.25, 0.3) is 5.91 Å². The zero-order valence-corrected chi connectivity index (χ0v) is 18.7. The van der Waals surface area contributed by atoms with Crippen molar-refractivity contribution in [1.29, 1.82) is 0 Å². The Morgan fingerprint density at radius 3 is 2.48 bits per heavy atom. The molecule has 162 valence electrons. The van der Waals surface area contributed by atoms with Crippen molar-refractivity contribution in [3.63, 3.8) is 0 Å². The number of rotatable bonds is 6. The molecule has 0 saturated carbocycles. The Morgan fingerprint density at radius 1 is 1.03 bits per heavy atom. The second-order valence-electron chi connectivity index (χ2n) is 7.80. The van der Waals surface area contributed by atoms with Crippen LogP contribution in [0.5, 0.6) is 5.75 Å². The molecule has 1 aliphatic heterocycles. The predicted molar refractivity (Wildman–Crippen MR) is 122 cm³/mol. The van der Waals surface area contributed by atoms with E-state index in [0.29, 0.717) is 36.1 Å². The summed E-state index contributed by atoms with van der Waals surface area (Å²) in [7, 11) is 1.61. The Kier molecular flexibility index (Phi) is 6.59. The van der Waals surface area contributed by atoms with E-state index in [9.17, 15) is 4.79 Å². The van der Waals surface area contributed by atoms with Crippen LogP contribution in [0.25, 0.3) is 0 Å². The smallest absolute Gasteiger partial charge is 0.254 e. The highest BCUT2D eigenvalue weighted by Gasteiger charge is 2.24. The molecule has 0 unspecified atom stereocenters. The molecular weight excluding hydrogens is 412 g/mol. The van der Waals surface area contributed by atoms with Crippen molar-refractivity contribution in [2.75, 3.05) is 33.3 Å². The van der Waals surface area contributed by atoms with E-state index in [1.807, 2.05) is 52.9 Å². The predicted octanol–water partition coefficient (Wildman–Crippen LogP) is 3.86. The number of hydrogen-bond acceptors (Lipinski definition) is 4. The van der Waals surface area contributed by atoms with Gasteiger partial charge in [0.15, 0.2) is 0 Å². The third kappa shape index (κ3) is 4.92. The van der Waals surface area contributed by atoms with Crippen LogP contribution in [-0.2, 0) is 13.1 Å². The summed E-state index contributed by atoms with van der Waals surface area (Å²) in [6, 6.07) is 17.5. The van der Waals surface area contributed by atoms with E-state index in [1.165, 1.54) is 5.56 Å². The number of nitrogens with zero attached hydrogens (tertiary/aromatic N) is 4. The third-order valence-corrected chi connectivity index (χ3v) is 6.14. The molecule has 0 aliphatic carbocycles. The Bertz CT molecular complexity index is 1040. The lowest BCUT2D eigenvalue weighted by Gasteiger charge is -2.34. The van der Waals surface area contributed by atoms with Gasteiger partial charge in [-0.3, -0.25) is 9.69 Å². The van der Waals surface area contributed by atoms with Crippen LogP contribution in [0.3, 0.4) is 0 Å². The van der Waals surface area contributed by atoms with Gasteiger partial charge in [-0.1, -0.05) is 48.0 Å².